The van der Waals surface area contributed by atoms with Crippen LogP contribution in [0.5, 0.6) is 5.75 Å². The van der Waals surface area contributed by atoms with Crippen LogP contribution in [0, 0.1) is 5.92 Å². The van der Waals surface area contributed by atoms with Crippen LogP contribution in [0.3, 0.4) is 0 Å². The van der Waals surface area contributed by atoms with Crippen molar-refractivity contribution in [2.75, 3.05) is 13.7 Å². The van der Waals surface area contributed by atoms with E-state index < -0.39 is 48.6 Å². The van der Waals surface area contributed by atoms with Crippen LogP contribution in [0.25, 0.3) is 0 Å². The van der Waals surface area contributed by atoms with E-state index in [1.807, 2.05) is 13.8 Å². The van der Waals surface area contributed by atoms with Crippen molar-refractivity contribution in [3.05, 3.63) is 42.0 Å². The van der Waals surface area contributed by atoms with E-state index in [-0.39, 0.29) is 18.2 Å². The highest BCUT2D eigenvalue weighted by Gasteiger charge is 2.38. The van der Waals surface area contributed by atoms with Crippen LogP contribution in [-0.2, 0) is 20.9 Å². The number of carbonyl (C=O) groups excluding carboxylic acids is 2. The standard InChI is InChI=1S/C26H37F3N2O7/c1-4-16(2)8-13-20(32)21(33)22(34)23(37-3)24(35)30-19-7-5-6-14-31(25(19)36)15-17-9-11-18(12-10-17)38-26(27,28)29/h8-13,16,19-23,32-34H,4-7,14-15H2,1-3H3,(H,30,35)/t16?,19-,20+,21-,22+,23+/m0/s1. The molecule has 1 unspecified atom stereocenters. The first-order chi connectivity index (χ1) is 17.9. The molecular weight excluding hydrogens is 509 g/mol. The lowest BCUT2D eigenvalue weighted by Crippen LogP contribution is -2.55. The molecular formula is C26H37F3N2O7. The first-order valence-electron chi connectivity index (χ1n) is 12.5. The van der Waals surface area contributed by atoms with E-state index >= 15 is 0 Å². The molecule has 38 heavy (non-hydrogen) atoms. The molecule has 4 N–H and O–H groups in total. The molecule has 1 heterocycles. The lowest BCUT2D eigenvalue weighted by molar-refractivity contribution is -0.274. The Hall–Kier alpha value is -2.67. The van der Waals surface area contributed by atoms with Gasteiger partial charge in [-0.05, 0) is 42.9 Å². The summed E-state index contributed by atoms with van der Waals surface area (Å²) in [6.07, 6.45) is -5.83. The minimum atomic E-state index is -4.81. The molecule has 6 atom stereocenters. The number of rotatable bonds is 12. The van der Waals surface area contributed by atoms with E-state index in [0.29, 0.717) is 31.4 Å². The SMILES string of the molecule is CCC(C)C=C[C@@H](O)[C@H](O)[C@@H](O)[C@@H](OC)C(=O)N[C@H]1CCCCN(Cc2ccc(OC(F)(F)F)cc2)C1=O. The second kappa shape index (κ2) is 14.5. The van der Waals surface area contributed by atoms with Gasteiger partial charge in [-0.3, -0.25) is 9.59 Å². The fraction of sp³-hybridized carbons (Fsp3) is 0.615. The molecule has 0 aromatic heterocycles. The van der Waals surface area contributed by atoms with Crippen molar-refractivity contribution in [3.63, 3.8) is 0 Å². The number of alkyl halides is 3. The Morgan fingerprint density at radius 1 is 1.16 bits per heavy atom. The van der Waals surface area contributed by atoms with E-state index in [4.69, 9.17) is 4.74 Å². The number of hydrogen-bond donors (Lipinski definition) is 4. The zero-order valence-electron chi connectivity index (χ0n) is 21.7. The monoisotopic (exact) mass is 546 g/mol. The molecule has 0 bridgehead atoms. The molecule has 12 heteroatoms. The number of amides is 2. The summed E-state index contributed by atoms with van der Waals surface area (Å²) in [6, 6.07) is 4.23. The van der Waals surface area contributed by atoms with Gasteiger partial charge in [-0.1, -0.05) is 44.6 Å². The second-order valence-electron chi connectivity index (χ2n) is 9.41. The van der Waals surface area contributed by atoms with Crippen molar-refractivity contribution < 1.29 is 47.6 Å². The van der Waals surface area contributed by atoms with Crippen LogP contribution < -0.4 is 10.1 Å². The van der Waals surface area contributed by atoms with Gasteiger partial charge in [0.15, 0.2) is 6.10 Å². The third-order valence-corrected chi connectivity index (χ3v) is 6.43. The van der Waals surface area contributed by atoms with E-state index in [0.717, 1.165) is 25.7 Å². The first-order valence-corrected chi connectivity index (χ1v) is 12.5. The number of likely N-dealkylation sites (tertiary alicyclic amines) is 1. The third kappa shape index (κ3) is 9.57. The molecule has 1 saturated heterocycles. The maximum absolute atomic E-state index is 13.2. The van der Waals surface area contributed by atoms with Crippen molar-refractivity contribution in [3.8, 4) is 5.75 Å². The summed E-state index contributed by atoms with van der Waals surface area (Å²) in [5, 5.41) is 33.7. The normalized spacial score (nSPS) is 20.9. The molecule has 1 fully saturated rings. The number of carbonyl (C=O) groups is 2. The Morgan fingerprint density at radius 2 is 1.82 bits per heavy atom. The Kier molecular flexibility index (Phi) is 12.0. The number of allylic oxidation sites excluding steroid dienone is 1. The maximum atomic E-state index is 13.2. The quantitative estimate of drug-likeness (QED) is 0.296. The summed E-state index contributed by atoms with van der Waals surface area (Å²) >= 11 is 0. The summed E-state index contributed by atoms with van der Waals surface area (Å²) in [5.74, 6) is -1.45. The molecule has 1 aromatic rings. The molecule has 2 rings (SSSR count). The molecule has 0 saturated carbocycles. The van der Waals surface area contributed by atoms with Crippen LogP contribution in [-0.4, -0.2) is 82.5 Å². The number of aliphatic hydroxyl groups excluding tert-OH is 3. The molecule has 0 aliphatic carbocycles. The number of halogens is 3. The Bertz CT molecular complexity index is 926. The minimum Gasteiger partial charge on any atom is -0.406 e. The zero-order valence-corrected chi connectivity index (χ0v) is 21.7. The number of ether oxygens (including phenoxy) is 2. The van der Waals surface area contributed by atoms with Crippen LogP contribution in [0.4, 0.5) is 13.2 Å². The smallest absolute Gasteiger partial charge is 0.406 e. The maximum Gasteiger partial charge on any atom is 0.573 e. The highest BCUT2D eigenvalue weighted by Crippen LogP contribution is 2.24. The van der Waals surface area contributed by atoms with Gasteiger partial charge in [0.2, 0.25) is 5.91 Å². The Balaban J connectivity index is 2.04. The van der Waals surface area contributed by atoms with E-state index in [9.17, 15) is 38.1 Å². The fourth-order valence-electron chi connectivity index (χ4n) is 4.00. The summed E-state index contributed by atoms with van der Waals surface area (Å²) in [7, 11) is 1.16. The number of nitrogens with one attached hydrogen (secondary N) is 1. The van der Waals surface area contributed by atoms with Crippen molar-refractivity contribution >= 4 is 11.8 Å². The van der Waals surface area contributed by atoms with Gasteiger partial charge in [-0.2, -0.15) is 0 Å². The predicted octanol–water partition coefficient (Wildman–Crippen LogP) is 2.28. The lowest BCUT2D eigenvalue weighted by Gasteiger charge is -2.29. The number of nitrogens with zero attached hydrogens (tertiary/aromatic N) is 1. The van der Waals surface area contributed by atoms with E-state index in [1.165, 1.54) is 23.1 Å². The van der Waals surface area contributed by atoms with Gasteiger partial charge >= 0.3 is 6.36 Å². The van der Waals surface area contributed by atoms with Gasteiger partial charge in [-0.15, -0.1) is 13.2 Å². The van der Waals surface area contributed by atoms with Crippen LogP contribution in [0.2, 0.25) is 0 Å². The van der Waals surface area contributed by atoms with Crippen molar-refractivity contribution in [2.45, 2.75) is 82.9 Å². The number of methoxy groups -OCH3 is 1. The highest BCUT2D eigenvalue weighted by atomic mass is 19.4. The molecule has 1 aliphatic rings. The second-order valence-corrected chi connectivity index (χ2v) is 9.41. The van der Waals surface area contributed by atoms with Gasteiger partial charge in [0.05, 0.1) is 0 Å². The molecule has 0 spiro atoms. The van der Waals surface area contributed by atoms with Gasteiger partial charge in [0, 0.05) is 20.2 Å². The summed E-state index contributed by atoms with van der Waals surface area (Å²) < 4.78 is 46.1. The van der Waals surface area contributed by atoms with Crippen LogP contribution >= 0.6 is 0 Å². The van der Waals surface area contributed by atoms with Crippen molar-refractivity contribution in [2.24, 2.45) is 5.92 Å². The Labute approximate surface area is 220 Å². The molecule has 1 aromatic carbocycles. The number of hydrogen-bond acceptors (Lipinski definition) is 7. The Morgan fingerprint density at radius 3 is 2.39 bits per heavy atom. The average Bonchev–Trinajstić information content (AvgIpc) is 3.03. The van der Waals surface area contributed by atoms with Crippen LogP contribution in [0.15, 0.2) is 36.4 Å². The van der Waals surface area contributed by atoms with Crippen LogP contribution in [0.1, 0.15) is 45.1 Å². The molecule has 214 valence electrons. The van der Waals surface area contributed by atoms with Crippen molar-refractivity contribution in [1.29, 1.82) is 0 Å². The van der Waals surface area contributed by atoms with Crippen molar-refractivity contribution in [1.82, 2.24) is 10.2 Å². The largest absolute Gasteiger partial charge is 0.573 e. The fourth-order valence-corrected chi connectivity index (χ4v) is 4.00. The summed E-state index contributed by atoms with van der Waals surface area (Å²) in [4.78, 5) is 27.6. The number of aliphatic hydroxyl groups is 3. The first kappa shape index (κ1) is 31.5. The zero-order chi connectivity index (χ0) is 28.5. The molecule has 0 radical (unpaired) electrons. The van der Waals surface area contributed by atoms with Gasteiger partial charge in [0.25, 0.3) is 5.91 Å². The van der Waals surface area contributed by atoms with E-state index in [2.05, 4.69) is 10.1 Å². The van der Waals surface area contributed by atoms with Gasteiger partial charge in [0.1, 0.15) is 30.1 Å². The predicted molar refractivity (Wildman–Crippen MR) is 132 cm³/mol. The number of benzene rings is 1. The summed E-state index contributed by atoms with van der Waals surface area (Å²) in [5.41, 5.74) is 0.576. The van der Waals surface area contributed by atoms with Gasteiger partial charge in [-0.25, -0.2) is 0 Å². The minimum absolute atomic E-state index is 0.112. The highest BCUT2D eigenvalue weighted by molar-refractivity contribution is 5.89. The average molecular weight is 547 g/mol. The molecule has 2 amide bonds. The third-order valence-electron chi connectivity index (χ3n) is 6.43. The van der Waals surface area contributed by atoms with E-state index in [1.54, 1.807) is 6.08 Å². The summed E-state index contributed by atoms with van der Waals surface area (Å²) in [6.45, 7) is 4.37. The van der Waals surface area contributed by atoms with Gasteiger partial charge < -0.3 is 35.0 Å². The molecule has 1 aliphatic heterocycles. The topological polar surface area (TPSA) is 129 Å². The molecule has 9 nitrogen and oxygen atoms in total. The lowest BCUT2D eigenvalue weighted by atomic mass is 9.99.